The van der Waals surface area contributed by atoms with E-state index in [0.29, 0.717) is 17.7 Å². The number of hydrogen-bond acceptors (Lipinski definition) is 3. The molecule has 0 aliphatic carbocycles. The molecule has 120 valence electrons. The largest absolute Gasteiger partial charge is 0.339 e. The highest BCUT2D eigenvalue weighted by atomic mass is 16.2. The number of rotatable bonds is 2. The molecule has 1 aromatic rings. The fourth-order valence-electron chi connectivity index (χ4n) is 4.30. The Hall–Kier alpha value is -2.17. The summed E-state index contributed by atoms with van der Waals surface area (Å²) in [7, 11) is 0. The van der Waals surface area contributed by atoms with Gasteiger partial charge in [0.15, 0.2) is 0 Å². The van der Waals surface area contributed by atoms with Gasteiger partial charge in [0.05, 0.1) is 11.1 Å². The smallest absolute Gasteiger partial charge is 0.261 e. The van der Waals surface area contributed by atoms with Crippen molar-refractivity contribution in [3.05, 3.63) is 35.4 Å². The van der Waals surface area contributed by atoms with E-state index in [-0.39, 0.29) is 35.1 Å². The minimum absolute atomic E-state index is 0.154. The maximum absolute atomic E-state index is 12.5. The number of fused-ring (bicyclic) bond motifs is 2. The van der Waals surface area contributed by atoms with Crippen LogP contribution in [0.25, 0.3) is 0 Å². The number of nitrogens with zero attached hydrogens (tertiary/aromatic N) is 2. The van der Waals surface area contributed by atoms with Crippen molar-refractivity contribution >= 4 is 17.7 Å². The van der Waals surface area contributed by atoms with Gasteiger partial charge in [0, 0.05) is 24.5 Å². The SMILES string of the molecule is CC1(C)CC2[C@H](CN3C(=O)c4ccccc4C3=O)CCN2C1=O. The summed E-state index contributed by atoms with van der Waals surface area (Å²) in [5.74, 6) is -0.0180. The van der Waals surface area contributed by atoms with Crippen LogP contribution in [0.3, 0.4) is 0 Å². The first kappa shape index (κ1) is 14.4. The average molecular weight is 312 g/mol. The van der Waals surface area contributed by atoms with Gasteiger partial charge in [-0.05, 0) is 30.9 Å². The van der Waals surface area contributed by atoms with Crippen molar-refractivity contribution in [1.82, 2.24) is 9.80 Å². The fraction of sp³-hybridized carbons (Fsp3) is 0.500. The number of benzene rings is 1. The fourth-order valence-corrected chi connectivity index (χ4v) is 4.30. The van der Waals surface area contributed by atoms with Crippen LogP contribution in [0.5, 0.6) is 0 Å². The molecule has 3 heterocycles. The third-order valence-corrected chi connectivity index (χ3v) is 5.54. The van der Waals surface area contributed by atoms with E-state index >= 15 is 0 Å². The maximum Gasteiger partial charge on any atom is 0.261 e. The van der Waals surface area contributed by atoms with Crippen LogP contribution in [0.4, 0.5) is 0 Å². The van der Waals surface area contributed by atoms with Crippen molar-refractivity contribution < 1.29 is 14.4 Å². The molecule has 2 saturated heterocycles. The zero-order valence-corrected chi connectivity index (χ0v) is 13.4. The zero-order valence-electron chi connectivity index (χ0n) is 13.4. The van der Waals surface area contributed by atoms with E-state index in [4.69, 9.17) is 0 Å². The second-order valence-corrected chi connectivity index (χ2v) is 7.47. The maximum atomic E-state index is 12.5. The second kappa shape index (κ2) is 4.66. The molecule has 4 rings (SSSR count). The lowest BCUT2D eigenvalue weighted by atomic mass is 9.85. The van der Waals surface area contributed by atoms with E-state index in [9.17, 15) is 14.4 Å². The Morgan fingerprint density at radius 1 is 1.09 bits per heavy atom. The van der Waals surface area contributed by atoms with Gasteiger partial charge in [0.25, 0.3) is 11.8 Å². The molecule has 1 unspecified atom stereocenters. The van der Waals surface area contributed by atoms with E-state index < -0.39 is 0 Å². The third-order valence-electron chi connectivity index (χ3n) is 5.54. The summed E-state index contributed by atoms with van der Waals surface area (Å²) in [5.41, 5.74) is 0.663. The molecule has 0 saturated carbocycles. The van der Waals surface area contributed by atoms with Gasteiger partial charge in [-0.2, -0.15) is 0 Å². The van der Waals surface area contributed by atoms with Crippen LogP contribution in [-0.2, 0) is 4.79 Å². The van der Waals surface area contributed by atoms with E-state index in [1.54, 1.807) is 24.3 Å². The molecule has 2 atom stereocenters. The normalized spacial score (nSPS) is 28.5. The Morgan fingerprint density at radius 2 is 1.70 bits per heavy atom. The van der Waals surface area contributed by atoms with Gasteiger partial charge < -0.3 is 4.90 Å². The molecule has 2 fully saturated rings. The Kier molecular flexibility index (Phi) is 2.92. The van der Waals surface area contributed by atoms with Crippen LogP contribution >= 0.6 is 0 Å². The van der Waals surface area contributed by atoms with Crippen LogP contribution in [0.1, 0.15) is 47.4 Å². The Labute approximate surface area is 135 Å². The van der Waals surface area contributed by atoms with Crippen molar-refractivity contribution in [2.75, 3.05) is 13.1 Å². The molecule has 1 aromatic carbocycles. The van der Waals surface area contributed by atoms with Crippen molar-refractivity contribution in [3.8, 4) is 0 Å². The first-order valence-electron chi connectivity index (χ1n) is 8.16. The second-order valence-electron chi connectivity index (χ2n) is 7.47. The van der Waals surface area contributed by atoms with Gasteiger partial charge in [-0.3, -0.25) is 19.3 Å². The average Bonchev–Trinajstić information content (AvgIpc) is 3.09. The standard InChI is InChI=1S/C18H20N2O3/c1-18(2)9-14-11(7-8-19(14)17(18)23)10-20-15(21)12-5-3-4-6-13(12)16(20)22/h3-6,11,14H,7-10H2,1-2H3/t11-,14?/m0/s1. The molecule has 3 aliphatic heterocycles. The van der Waals surface area contributed by atoms with Gasteiger partial charge >= 0.3 is 0 Å². The van der Waals surface area contributed by atoms with E-state index in [2.05, 4.69) is 0 Å². The summed E-state index contributed by atoms with van der Waals surface area (Å²) in [6.45, 7) is 5.11. The molecule has 0 spiro atoms. The van der Waals surface area contributed by atoms with Crippen molar-refractivity contribution in [1.29, 1.82) is 0 Å². The Bertz CT molecular complexity index is 690. The molecule has 3 amide bonds. The van der Waals surface area contributed by atoms with E-state index in [0.717, 1.165) is 19.4 Å². The van der Waals surface area contributed by atoms with Crippen LogP contribution in [-0.4, -0.2) is 46.7 Å². The van der Waals surface area contributed by atoms with E-state index in [1.807, 2.05) is 18.7 Å². The number of carbonyl (C=O) groups excluding carboxylic acids is 3. The quantitative estimate of drug-likeness (QED) is 0.784. The highest BCUT2D eigenvalue weighted by Crippen LogP contribution is 2.43. The minimum atomic E-state index is -0.328. The van der Waals surface area contributed by atoms with Crippen LogP contribution < -0.4 is 0 Å². The van der Waals surface area contributed by atoms with Crippen LogP contribution in [0.15, 0.2) is 24.3 Å². The topological polar surface area (TPSA) is 57.7 Å². The summed E-state index contributed by atoms with van der Waals surface area (Å²) < 4.78 is 0. The Balaban J connectivity index is 1.56. The molecule has 0 radical (unpaired) electrons. The molecular weight excluding hydrogens is 292 g/mol. The van der Waals surface area contributed by atoms with Gasteiger partial charge in [0.2, 0.25) is 5.91 Å². The predicted molar refractivity (Wildman–Crippen MR) is 83.8 cm³/mol. The number of carbonyl (C=O) groups is 3. The van der Waals surface area contributed by atoms with Gasteiger partial charge in [-0.1, -0.05) is 26.0 Å². The summed E-state index contributed by atoms with van der Waals surface area (Å²) in [5, 5.41) is 0. The molecular formula is C18H20N2O3. The van der Waals surface area contributed by atoms with Gasteiger partial charge in [0.1, 0.15) is 0 Å². The van der Waals surface area contributed by atoms with E-state index in [1.165, 1.54) is 4.90 Å². The molecule has 5 nitrogen and oxygen atoms in total. The lowest BCUT2D eigenvalue weighted by molar-refractivity contribution is -0.134. The van der Waals surface area contributed by atoms with Crippen molar-refractivity contribution in [2.24, 2.45) is 11.3 Å². The number of amides is 3. The van der Waals surface area contributed by atoms with Crippen LogP contribution in [0, 0.1) is 11.3 Å². The van der Waals surface area contributed by atoms with Gasteiger partial charge in [-0.15, -0.1) is 0 Å². The Morgan fingerprint density at radius 3 is 2.30 bits per heavy atom. The summed E-state index contributed by atoms with van der Waals surface area (Å²) in [4.78, 5) is 40.7. The first-order valence-corrected chi connectivity index (χ1v) is 8.16. The molecule has 5 heteroatoms. The monoisotopic (exact) mass is 312 g/mol. The third kappa shape index (κ3) is 1.95. The zero-order chi connectivity index (χ0) is 16.4. The van der Waals surface area contributed by atoms with Crippen molar-refractivity contribution in [2.45, 2.75) is 32.7 Å². The van der Waals surface area contributed by atoms with Gasteiger partial charge in [-0.25, -0.2) is 0 Å². The molecule has 0 N–H and O–H groups in total. The van der Waals surface area contributed by atoms with Crippen molar-refractivity contribution in [3.63, 3.8) is 0 Å². The first-order chi connectivity index (χ1) is 10.9. The number of hydrogen-bond donors (Lipinski definition) is 0. The molecule has 0 aromatic heterocycles. The molecule has 0 bridgehead atoms. The summed E-state index contributed by atoms with van der Waals surface area (Å²) in [6.07, 6.45) is 1.67. The highest BCUT2D eigenvalue weighted by molar-refractivity contribution is 6.21. The number of imide groups is 1. The lowest BCUT2D eigenvalue weighted by Crippen LogP contribution is -2.39. The predicted octanol–water partition coefficient (Wildman–Crippen LogP) is 1.93. The molecule has 23 heavy (non-hydrogen) atoms. The summed E-state index contributed by atoms with van der Waals surface area (Å²) >= 11 is 0. The van der Waals surface area contributed by atoms with Crippen LogP contribution in [0.2, 0.25) is 0 Å². The highest BCUT2D eigenvalue weighted by Gasteiger charge is 2.52. The lowest BCUT2D eigenvalue weighted by Gasteiger charge is -2.24. The minimum Gasteiger partial charge on any atom is -0.339 e. The molecule has 3 aliphatic rings. The summed E-state index contributed by atoms with van der Waals surface area (Å²) in [6, 6.07) is 7.13.